The minimum absolute atomic E-state index is 0.0558. The summed E-state index contributed by atoms with van der Waals surface area (Å²) in [5.74, 6) is -0.268. The van der Waals surface area contributed by atoms with Gasteiger partial charge in [-0.1, -0.05) is 12.1 Å². The summed E-state index contributed by atoms with van der Waals surface area (Å²) in [5, 5.41) is 11.5. The van der Waals surface area contributed by atoms with Gasteiger partial charge in [-0.2, -0.15) is 5.26 Å². The number of alkyl halides is 1. The zero-order valence-corrected chi connectivity index (χ0v) is 10.0. The van der Waals surface area contributed by atoms with E-state index in [1.807, 2.05) is 32.0 Å². The summed E-state index contributed by atoms with van der Waals surface area (Å²) < 4.78 is 0. The van der Waals surface area contributed by atoms with Crippen LogP contribution in [0.5, 0.6) is 0 Å². The van der Waals surface area contributed by atoms with Crippen LogP contribution < -0.4 is 5.32 Å². The Labute approximate surface area is 100 Å². The van der Waals surface area contributed by atoms with Crippen molar-refractivity contribution < 1.29 is 4.79 Å². The fourth-order valence-electron chi connectivity index (χ4n) is 1.42. The molecule has 0 saturated carbocycles. The Bertz CT molecular complexity index is 418. The van der Waals surface area contributed by atoms with Crippen LogP contribution >= 0.6 is 11.6 Å². The lowest BCUT2D eigenvalue weighted by atomic mass is 9.93. The largest absolute Gasteiger partial charge is 0.346 e. The summed E-state index contributed by atoms with van der Waals surface area (Å²) >= 11 is 5.44. The molecule has 0 unspecified atom stereocenters. The molecular weight excluding hydrogens is 224 g/mol. The third-order valence-corrected chi connectivity index (χ3v) is 2.55. The van der Waals surface area contributed by atoms with Crippen LogP contribution in [0.15, 0.2) is 24.3 Å². The summed E-state index contributed by atoms with van der Waals surface area (Å²) in [6, 6.07) is 9.15. The SMILES string of the molecule is CC(C)(NC(=O)CCl)c1ccc(C#N)cc1. The van der Waals surface area contributed by atoms with Crippen molar-refractivity contribution in [3.63, 3.8) is 0 Å². The molecule has 1 aromatic carbocycles. The van der Waals surface area contributed by atoms with E-state index in [1.54, 1.807) is 12.1 Å². The number of nitrogens with zero attached hydrogens (tertiary/aromatic N) is 1. The highest BCUT2D eigenvalue weighted by Crippen LogP contribution is 2.20. The monoisotopic (exact) mass is 236 g/mol. The van der Waals surface area contributed by atoms with Crippen LogP contribution in [0.25, 0.3) is 0 Å². The Morgan fingerprint density at radius 2 is 2.00 bits per heavy atom. The molecule has 0 heterocycles. The number of carbonyl (C=O) groups excluding carboxylic acids is 1. The maximum absolute atomic E-state index is 11.2. The summed E-state index contributed by atoms with van der Waals surface area (Å²) in [6.07, 6.45) is 0. The maximum atomic E-state index is 11.2. The van der Waals surface area contributed by atoms with Gasteiger partial charge in [-0.15, -0.1) is 11.6 Å². The van der Waals surface area contributed by atoms with E-state index in [2.05, 4.69) is 5.32 Å². The highest BCUT2D eigenvalue weighted by atomic mass is 35.5. The van der Waals surface area contributed by atoms with E-state index in [1.165, 1.54) is 0 Å². The Morgan fingerprint density at radius 1 is 1.44 bits per heavy atom. The van der Waals surface area contributed by atoms with E-state index in [0.717, 1.165) is 5.56 Å². The van der Waals surface area contributed by atoms with Crippen molar-refractivity contribution in [1.82, 2.24) is 5.32 Å². The number of nitriles is 1. The minimum atomic E-state index is -0.486. The van der Waals surface area contributed by atoms with E-state index >= 15 is 0 Å². The van der Waals surface area contributed by atoms with Crippen molar-refractivity contribution in [2.24, 2.45) is 0 Å². The van der Waals surface area contributed by atoms with Crippen LogP contribution in [-0.2, 0) is 10.3 Å². The molecule has 0 aliphatic rings. The number of halogens is 1. The van der Waals surface area contributed by atoms with Gasteiger partial charge in [-0.05, 0) is 31.5 Å². The van der Waals surface area contributed by atoms with Gasteiger partial charge in [0.25, 0.3) is 0 Å². The second-order valence-corrected chi connectivity index (χ2v) is 4.26. The number of nitrogens with one attached hydrogen (secondary N) is 1. The Kier molecular flexibility index (Phi) is 3.92. The lowest BCUT2D eigenvalue weighted by Crippen LogP contribution is -2.41. The van der Waals surface area contributed by atoms with Gasteiger partial charge in [0.2, 0.25) is 5.91 Å². The van der Waals surface area contributed by atoms with Gasteiger partial charge in [-0.3, -0.25) is 4.79 Å². The summed E-state index contributed by atoms with van der Waals surface area (Å²) in [5.41, 5.74) is 1.05. The summed E-state index contributed by atoms with van der Waals surface area (Å²) in [6.45, 7) is 3.78. The average Bonchev–Trinajstić information content (AvgIpc) is 2.28. The van der Waals surface area contributed by atoms with Gasteiger partial charge >= 0.3 is 0 Å². The van der Waals surface area contributed by atoms with Gasteiger partial charge in [-0.25, -0.2) is 0 Å². The first-order valence-electron chi connectivity index (χ1n) is 4.87. The molecule has 1 N–H and O–H groups in total. The molecule has 0 aromatic heterocycles. The molecule has 0 saturated heterocycles. The van der Waals surface area contributed by atoms with Crippen molar-refractivity contribution in [2.75, 3.05) is 5.88 Å². The first-order chi connectivity index (χ1) is 7.49. The van der Waals surface area contributed by atoms with Crippen molar-refractivity contribution in [1.29, 1.82) is 5.26 Å². The first-order valence-corrected chi connectivity index (χ1v) is 5.40. The smallest absolute Gasteiger partial charge is 0.235 e. The van der Waals surface area contributed by atoms with E-state index in [-0.39, 0.29) is 11.8 Å². The molecule has 0 radical (unpaired) electrons. The predicted molar refractivity (Wildman–Crippen MR) is 63.0 cm³/mol. The molecule has 0 aliphatic heterocycles. The van der Waals surface area contributed by atoms with E-state index < -0.39 is 5.54 Å². The van der Waals surface area contributed by atoms with E-state index in [4.69, 9.17) is 16.9 Å². The summed E-state index contributed by atoms with van der Waals surface area (Å²) in [4.78, 5) is 11.2. The van der Waals surface area contributed by atoms with Crippen LogP contribution in [-0.4, -0.2) is 11.8 Å². The molecule has 0 bridgehead atoms. The Hall–Kier alpha value is -1.53. The fourth-order valence-corrected chi connectivity index (χ4v) is 1.48. The van der Waals surface area contributed by atoms with Crippen LogP contribution in [0.2, 0.25) is 0 Å². The van der Waals surface area contributed by atoms with Gasteiger partial charge in [0, 0.05) is 0 Å². The van der Waals surface area contributed by atoms with Gasteiger partial charge < -0.3 is 5.32 Å². The topological polar surface area (TPSA) is 52.9 Å². The quantitative estimate of drug-likeness (QED) is 0.818. The molecule has 0 aliphatic carbocycles. The molecule has 1 rings (SSSR count). The lowest BCUT2D eigenvalue weighted by molar-refractivity contribution is -0.120. The first kappa shape index (κ1) is 12.5. The van der Waals surface area contributed by atoms with Crippen molar-refractivity contribution in [3.05, 3.63) is 35.4 Å². The third-order valence-electron chi connectivity index (χ3n) is 2.31. The zero-order chi connectivity index (χ0) is 12.2. The van der Waals surface area contributed by atoms with E-state index in [0.29, 0.717) is 5.56 Å². The van der Waals surface area contributed by atoms with Gasteiger partial charge in [0.1, 0.15) is 5.88 Å². The molecule has 84 valence electrons. The molecule has 4 heteroatoms. The molecular formula is C12H13ClN2O. The van der Waals surface area contributed by atoms with Crippen LogP contribution in [0.1, 0.15) is 25.0 Å². The molecule has 3 nitrogen and oxygen atoms in total. The second kappa shape index (κ2) is 5.00. The second-order valence-electron chi connectivity index (χ2n) is 4.00. The van der Waals surface area contributed by atoms with Crippen LogP contribution in [0.4, 0.5) is 0 Å². The normalized spacial score (nSPS) is 10.6. The van der Waals surface area contributed by atoms with Crippen molar-refractivity contribution in [3.8, 4) is 6.07 Å². The highest BCUT2D eigenvalue weighted by Gasteiger charge is 2.22. The standard InChI is InChI=1S/C12H13ClN2O/c1-12(2,15-11(16)7-13)10-5-3-9(8-14)4-6-10/h3-6H,7H2,1-2H3,(H,15,16). The maximum Gasteiger partial charge on any atom is 0.235 e. The highest BCUT2D eigenvalue weighted by molar-refractivity contribution is 6.27. The van der Waals surface area contributed by atoms with Crippen molar-refractivity contribution >= 4 is 17.5 Å². The van der Waals surface area contributed by atoms with Crippen LogP contribution in [0, 0.1) is 11.3 Å². The number of hydrogen-bond acceptors (Lipinski definition) is 2. The van der Waals surface area contributed by atoms with Crippen LogP contribution in [0.3, 0.4) is 0 Å². The van der Waals surface area contributed by atoms with Gasteiger partial charge in [0.05, 0.1) is 17.2 Å². The molecule has 0 fully saturated rings. The molecule has 1 amide bonds. The molecule has 0 atom stereocenters. The Balaban J connectivity index is 2.90. The fraction of sp³-hybridized carbons (Fsp3) is 0.333. The van der Waals surface area contributed by atoms with E-state index in [9.17, 15) is 4.79 Å². The third kappa shape index (κ3) is 2.98. The van der Waals surface area contributed by atoms with Crippen molar-refractivity contribution in [2.45, 2.75) is 19.4 Å². The molecule has 16 heavy (non-hydrogen) atoms. The Morgan fingerprint density at radius 3 is 2.44 bits per heavy atom. The number of benzene rings is 1. The number of amides is 1. The predicted octanol–water partition coefficient (Wildman–Crippen LogP) is 2.15. The molecule has 0 spiro atoms. The summed E-state index contributed by atoms with van der Waals surface area (Å²) in [7, 11) is 0. The minimum Gasteiger partial charge on any atom is -0.346 e. The lowest BCUT2D eigenvalue weighted by Gasteiger charge is -2.26. The number of hydrogen-bond donors (Lipinski definition) is 1. The number of carbonyl (C=O) groups is 1. The molecule has 1 aromatic rings. The van der Waals surface area contributed by atoms with Gasteiger partial charge in [0.15, 0.2) is 0 Å². The zero-order valence-electron chi connectivity index (χ0n) is 9.25. The number of rotatable bonds is 3. The average molecular weight is 237 g/mol.